The third-order valence-electron chi connectivity index (χ3n) is 2.30. The molecule has 1 aromatic carbocycles. The van der Waals surface area contributed by atoms with E-state index in [2.05, 4.69) is 15.5 Å². The van der Waals surface area contributed by atoms with Crippen LogP contribution in [0.15, 0.2) is 29.1 Å². The summed E-state index contributed by atoms with van der Waals surface area (Å²) in [6, 6.07) is 6.51. The van der Waals surface area contributed by atoms with Gasteiger partial charge in [-0.05, 0) is 24.6 Å². The van der Waals surface area contributed by atoms with Gasteiger partial charge in [0, 0.05) is 6.07 Å². The van der Waals surface area contributed by atoms with Crippen LogP contribution in [0.3, 0.4) is 0 Å². The van der Waals surface area contributed by atoms with Crippen LogP contribution in [0.2, 0.25) is 0 Å². The topological polar surface area (TPSA) is 104 Å². The van der Waals surface area contributed by atoms with E-state index in [1.165, 1.54) is 6.07 Å². The second-order valence-corrected chi connectivity index (χ2v) is 3.72. The lowest BCUT2D eigenvalue weighted by Crippen LogP contribution is -2.13. The molecule has 2 rings (SSSR count). The first-order chi connectivity index (χ1) is 8.06. The lowest BCUT2D eigenvalue weighted by atomic mass is 10.2. The standard InChI is InChI=1S/C11H12N4O2/c1-6-2-3-7(12)8(4-6)13-11(17)9-5-10(16)15-14-9/h2-5H,12H2,1H3,(H,13,17)(H2,14,15,16). The summed E-state index contributed by atoms with van der Waals surface area (Å²) in [6.45, 7) is 1.90. The number of nitrogen functional groups attached to an aromatic ring is 1. The van der Waals surface area contributed by atoms with Gasteiger partial charge in [-0.25, -0.2) is 0 Å². The number of anilines is 2. The van der Waals surface area contributed by atoms with E-state index in [4.69, 9.17) is 5.73 Å². The molecule has 2 aromatic rings. The van der Waals surface area contributed by atoms with Crippen LogP contribution in [0.25, 0.3) is 0 Å². The maximum Gasteiger partial charge on any atom is 0.273 e. The van der Waals surface area contributed by atoms with Gasteiger partial charge < -0.3 is 11.1 Å². The fourth-order valence-electron chi connectivity index (χ4n) is 1.42. The van der Waals surface area contributed by atoms with Crippen LogP contribution < -0.4 is 16.6 Å². The average Bonchev–Trinajstić information content (AvgIpc) is 2.70. The lowest BCUT2D eigenvalue weighted by molar-refractivity contribution is 0.102. The van der Waals surface area contributed by atoms with Crippen molar-refractivity contribution < 1.29 is 4.79 Å². The first-order valence-corrected chi connectivity index (χ1v) is 5.01. The van der Waals surface area contributed by atoms with Crippen LogP contribution in [-0.2, 0) is 0 Å². The first-order valence-electron chi connectivity index (χ1n) is 5.01. The summed E-state index contributed by atoms with van der Waals surface area (Å²) in [7, 11) is 0. The molecule has 6 nitrogen and oxygen atoms in total. The number of nitrogens with two attached hydrogens (primary N) is 1. The molecule has 0 aliphatic heterocycles. The van der Waals surface area contributed by atoms with Gasteiger partial charge in [-0.15, -0.1) is 0 Å². The summed E-state index contributed by atoms with van der Waals surface area (Å²) < 4.78 is 0. The van der Waals surface area contributed by atoms with E-state index in [0.29, 0.717) is 11.4 Å². The average molecular weight is 232 g/mol. The van der Waals surface area contributed by atoms with Gasteiger partial charge in [0.2, 0.25) is 0 Å². The molecule has 6 heteroatoms. The zero-order chi connectivity index (χ0) is 12.4. The minimum Gasteiger partial charge on any atom is -0.397 e. The number of aryl methyl sites for hydroxylation is 1. The van der Waals surface area contributed by atoms with Crippen molar-refractivity contribution in [2.75, 3.05) is 11.1 Å². The Balaban J connectivity index is 2.24. The number of H-pyrrole nitrogens is 2. The third kappa shape index (κ3) is 2.36. The van der Waals surface area contributed by atoms with Crippen molar-refractivity contribution in [3.05, 3.63) is 45.9 Å². The molecule has 0 bridgehead atoms. The van der Waals surface area contributed by atoms with Gasteiger partial charge in [0.05, 0.1) is 11.4 Å². The molecule has 0 radical (unpaired) electrons. The molecule has 5 N–H and O–H groups in total. The van der Waals surface area contributed by atoms with Crippen LogP contribution in [0, 0.1) is 6.92 Å². The van der Waals surface area contributed by atoms with Crippen LogP contribution in [0.5, 0.6) is 0 Å². The van der Waals surface area contributed by atoms with Crippen LogP contribution in [0.1, 0.15) is 16.1 Å². The summed E-state index contributed by atoms with van der Waals surface area (Å²) in [5.41, 5.74) is 7.52. The van der Waals surface area contributed by atoms with E-state index in [1.54, 1.807) is 12.1 Å². The van der Waals surface area contributed by atoms with Crippen molar-refractivity contribution in [1.29, 1.82) is 0 Å². The Morgan fingerprint density at radius 1 is 1.29 bits per heavy atom. The molecule has 88 valence electrons. The minimum atomic E-state index is -0.416. The molecular formula is C11H12N4O2. The van der Waals surface area contributed by atoms with E-state index in [9.17, 15) is 9.59 Å². The van der Waals surface area contributed by atoms with Crippen molar-refractivity contribution >= 4 is 17.3 Å². The number of aromatic nitrogens is 2. The molecule has 1 heterocycles. The maximum atomic E-state index is 11.7. The fourth-order valence-corrected chi connectivity index (χ4v) is 1.42. The molecular weight excluding hydrogens is 220 g/mol. The highest BCUT2D eigenvalue weighted by atomic mass is 16.2. The number of hydrogen-bond donors (Lipinski definition) is 4. The van der Waals surface area contributed by atoms with E-state index in [1.807, 2.05) is 13.0 Å². The second-order valence-electron chi connectivity index (χ2n) is 3.72. The molecule has 0 saturated carbocycles. The predicted molar refractivity (Wildman–Crippen MR) is 65.0 cm³/mol. The van der Waals surface area contributed by atoms with Crippen LogP contribution in [-0.4, -0.2) is 16.1 Å². The maximum absolute atomic E-state index is 11.7. The fraction of sp³-hybridized carbons (Fsp3) is 0.0909. The number of carbonyl (C=O) groups excluding carboxylic acids is 1. The summed E-state index contributed by atoms with van der Waals surface area (Å²) in [6.07, 6.45) is 0. The van der Waals surface area contributed by atoms with E-state index < -0.39 is 5.91 Å². The highest BCUT2D eigenvalue weighted by Gasteiger charge is 2.10. The first kappa shape index (κ1) is 11.0. The van der Waals surface area contributed by atoms with Gasteiger partial charge in [0.15, 0.2) is 0 Å². The monoisotopic (exact) mass is 232 g/mol. The Morgan fingerprint density at radius 3 is 2.71 bits per heavy atom. The van der Waals surface area contributed by atoms with E-state index in [-0.39, 0.29) is 11.3 Å². The molecule has 0 aliphatic rings. The van der Waals surface area contributed by atoms with Crippen LogP contribution in [0.4, 0.5) is 11.4 Å². The highest BCUT2D eigenvalue weighted by molar-refractivity contribution is 6.04. The number of benzene rings is 1. The van der Waals surface area contributed by atoms with E-state index in [0.717, 1.165) is 5.56 Å². The van der Waals surface area contributed by atoms with Gasteiger partial charge in [-0.3, -0.25) is 19.8 Å². The summed E-state index contributed by atoms with van der Waals surface area (Å²) in [5.74, 6) is -0.416. The Bertz CT molecular complexity index is 612. The molecule has 0 atom stereocenters. The van der Waals surface area contributed by atoms with Crippen molar-refractivity contribution in [3.63, 3.8) is 0 Å². The smallest absolute Gasteiger partial charge is 0.273 e. The minimum absolute atomic E-state index is 0.163. The number of rotatable bonds is 2. The number of amides is 1. The van der Waals surface area contributed by atoms with Gasteiger partial charge in [-0.1, -0.05) is 6.07 Å². The molecule has 1 aromatic heterocycles. The van der Waals surface area contributed by atoms with Gasteiger partial charge in [0.1, 0.15) is 5.69 Å². The molecule has 0 fully saturated rings. The zero-order valence-electron chi connectivity index (χ0n) is 9.20. The molecule has 0 saturated heterocycles. The molecule has 1 amide bonds. The number of aromatic amines is 2. The number of hydrogen-bond acceptors (Lipinski definition) is 3. The van der Waals surface area contributed by atoms with Gasteiger partial charge >= 0.3 is 0 Å². The Morgan fingerprint density at radius 2 is 2.06 bits per heavy atom. The normalized spacial score (nSPS) is 10.2. The van der Waals surface area contributed by atoms with E-state index >= 15 is 0 Å². The molecule has 0 unspecified atom stereocenters. The largest absolute Gasteiger partial charge is 0.397 e. The molecule has 0 spiro atoms. The number of carbonyl (C=O) groups is 1. The molecule has 0 aliphatic carbocycles. The SMILES string of the molecule is Cc1ccc(N)c(NC(=O)c2cc(=O)[nH][nH]2)c1. The van der Waals surface area contributed by atoms with Crippen molar-refractivity contribution in [2.24, 2.45) is 0 Å². The number of nitrogens with one attached hydrogen (secondary N) is 3. The third-order valence-corrected chi connectivity index (χ3v) is 2.30. The Kier molecular flexibility index (Phi) is 2.70. The predicted octanol–water partition coefficient (Wildman–Crippen LogP) is 0.846. The summed E-state index contributed by atoms with van der Waals surface area (Å²) in [5, 5.41) is 7.38. The second kappa shape index (κ2) is 4.17. The van der Waals surface area contributed by atoms with Gasteiger partial charge in [-0.2, -0.15) is 0 Å². The van der Waals surface area contributed by atoms with Crippen molar-refractivity contribution in [2.45, 2.75) is 6.92 Å². The zero-order valence-corrected chi connectivity index (χ0v) is 9.20. The Labute approximate surface area is 96.8 Å². The molecule has 17 heavy (non-hydrogen) atoms. The van der Waals surface area contributed by atoms with Crippen molar-refractivity contribution in [1.82, 2.24) is 10.2 Å². The van der Waals surface area contributed by atoms with Crippen molar-refractivity contribution in [3.8, 4) is 0 Å². The summed E-state index contributed by atoms with van der Waals surface area (Å²) >= 11 is 0. The van der Waals surface area contributed by atoms with Gasteiger partial charge in [0.25, 0.3) is 11.5 Å². The quantitative estimate of drug-likeness (QED) is 0.577. The van der Waals surface area contributed by atoms with Crippen LogP contribution >= 0.6 is 0 Å². The highest BCUT2D eigenvalue weighted by Crippen LogP contribution is 2.19. The Hall–Kier alpha value is -2.50. The lowest BCUT2D eigenvalue weighted by Gasteiger charge is -2.07. The summed E-state index contributed by atoms with van der Waals surface area (Å²) in [4.78, 5) is 22.6.